The molecular weight excluding hydrogens is 270 g/mol. The van der Waals surface area contributed by atoms with E-state index in [1.165, 1.54) is 12.4 Å². The van der Waals surface area contributed by atoms with Crippen molar-refractivity contribution in [2.24, 2.45) is 7.05 Å². The lowest BCUT2D eigenvalue weighted by molar-refractivity contribution is -0.122. The average molecular weight is 289 g/mol. The van der Waals surface area contributed by atoms with Crippen molar-refractivity contribution in [1.29, 1.82) is 0 Å². The summed E-state index contributed by atoms with van der Waals surface area (Å²) in [5.74, 6) is 0.567. The van der Waals surface area contributed by atoms with Crippen LogP contribution in [0.15, 0.2) is 29.3 Å². The average Bonchev–Trinajstić information content (AvgIpc) is 2.84. The monoisotopic (exact) mass is 289 g/mol. The maximum atomic E-state index is 12.0. The minimum absolute atomic E-state index is 0.0934. The summed E-state index contributed by atoms with van der Waals surface area (Å²) in [6, 6.07) is 4.83. The van der Waals surface area contributed by atoms with Gasteiger partial charge in [0.1, 0.15) is 12.2 Å². The summed E-state index contributed by atoms with van der Waals surface area (Å²) in [4.78, 5) is 27.8. The molecule has 0 fully saturated rings. The Hall–Kier alpha value is -2.44. The van der Waals surface area contributed by atoms with Gasteiger partial charge < -0.3 is 9.88 Å². The normalized spacial score (nSPS) is 12.1. The van der Waals surface area contributed by atoms with Gasteiger partial charge in [-0.25, -0.2) is 4.98 Å². The van der Waals surface area contributed by atoms with Gasteiger partial charge in [-0.05, 0) is 19.9 Å². The third kappa shape index (κ3) is 3.56. The molecule has 112 valence electrons. The predicted molar refractivity (Wildman–Crippen MR) is 77.6 cm³/mol. The number of hydrogen-bond donors (Lipinski definition) is 1. The van der Waals surface area contributed by atoms with Gasteiger partial charge in [-0.15, -0.1) is 0 Å². The molecule has 2 aromatic heterocycles. The number of nitrogens with one attached hydrogen (secondary N) is 1. The third-order valence-electron chi connectivity index (χ3n) is 3.34. The lowest BCUT2D eigenvalue weighted by Gasteiger charge is -2.14. The van der Waals surface area contributed by atoms with E-state index in [2.05, 4.69) is 15.4 Å². The number of carbonyl (C=O) groups excluding carboxylic acids is 1. The fourth-order valence-corrected chi connectivity index (χ4v) is 2.20. The van der Waals surface area contributed by atoms with Crippen LogP contribution in [0.25, 0.3) is 0 Å². The third-order valence-corrected chi connectivity index (χ3v) is 3.34. The summed E-state index contributed by atoms with van der Waals surface area (Å²) in [5, 5.41) is 6.83. The van der Waals surface area contributed by atoms with Crippen LogP contribution in [-0.2, 0) is 18.4 Å². The number of hydrogen-bond acceptors (Lipinski definition) is 4. The van der Waals surface area contributed by atoms with E-state index in [1.807, 2.05) is 19.9 Å². The fourth-order valence-electron chi connectivity index (χ4n) is 2.20. The molecule has 1 N–H and O–H groups in total. The maximum absolute atomic E-state index is 12.0. The Labute approximate surface area is 122 Å². The van der Waals surface area contributed by atoms with Gasteiger partial charge in [0.05, 0.1) is 6.04 Å². The number of aromatic nitrogens is 4. The van der Waals surface area contributed by atoms with E-state index in [0.29, 0.717) is 12.4 Å². The zero-order valence-corrected chi connectivity index (χ0v) is 12.4. The summed E-state index contributed by atoms with van der Waals surface area (Å²) >= 11 is 0. The number of pyridine rings is 1. The van der Waals surface area contributed by atoms with Crippen molar-refractivity contribution in [3.05, 3.63) is 46.4 Å². The molecule has 0 saturated carbocycles. The van der Waals surface area contributed by atoms with Crippen molar-refractivity contribution in [3.8, 4) is 0 Å². The number of rotatable bonds is 5. The number of amides is 1. The van der Waals surface area contributed by atoms with Crippen LogP contribution in [0.2, 0.25) is 0 Å². The Morgan fingerprint density at radius 3 is 2.81 bits per heavy atom. The van der Waals surface area contributed by atoms with Crippen molar-refractivity contribution >= 4 is 5.91 Å². The predicted octanol–water partition coefficient (Wildman–Crippen LogP) is 0.553. The van der Waals surface area contributed by atoms with Crippen molar-refractivity contribution < 1.29 is 4.79 Å². The highest BCUT2D eigenvalue weighted by Crippen LogP contribution is 2.07. The van der Waals surface area contributed by atoms with Crippen LogP contribution in [0.3, 0.4) is 0 Å². The molecule has 7 heteroatoms. The quantitative estimate of drug-likeness (QED) is 0.871. The fraction of sp³-hybridized carbons (Fsp3) is 0.429. The first kappa shape index (κ1) is 15.0. The van der Waals surface area contributed by atoms with Gasteiger partial charge >= 0.3 is 0 Å². The van der Waals surface area contributed by atoms with Crippen molar-refractivity contribution in [2.45, 2.75) is 32.9 Å². The highest BCUT2D eigenvalue weighted by Gasteiger charge is 2.14. The summed E-state index contributed by atoms with van der Waals surface area (Å²) in [7, 11) is 1.78. The molecule has 0 aliphatic heterocycles. The van der Waals surface area contributed by atoms with E-state index in [4.69, 9.17) is 0 Å². The van der Waals surface area contributed by atoms with E-state index >= 15 is 0 Å². The summed E-state index contributed by atoms with van der Waals surface area (Å²) in [6.45, 7) is 4.06. The Kier molecular flexibility index (Phi) is 4.52. The lowest BCUT2D eigenvalue weighted by atomic mass is 10.2. The topological polar surface area (TPSA) is 81.8 Å². The second-order valence-corrected chi connectivity index (χ2v) is 4.94. The smallest absolute Gasteiger partial charge is 0.250 e. The van der Waals surface area contributed by atoms with Gasteiger partial charge in [0, 0.05) is 31.8 Å². The zero-order valence-electron chi connectivity index (χ0n) is 12.4. The molecule has 0 radical (unpaired) electrons. The minimum Gasteiger partial charge on any atom is -0.346 e. The molecule has 0 spiro atoms. The summed E-state index contributed by atoms with van der Waals surface area (Å²) < 4.78 is 3.21. The van der Waals surface area contributed by atoms with E-state index in [-0.39, 0.29) is 23.9 Å². The van der Waals surface area contributed by atoms with Crippen LogP contribution >= 0.6 is 0 Å². The lowest BCUT2D eigenvalue weighted by Crippen LogP contribution is -2.31. The van der Waals surface area contributed by atoms with Crippen LogP contribution in [0.5, 0.6) is 0 Å². The molecule has 0 aliphatic rings. The molecule has 0 aromatic carbocycles. The largest absolute Gasteiger partial charge is 0.346 e. The minimum atomic E-state index is -0.224. The first-order chi connectivity index (χ1) is 9.99. The first-order valence-corrected chi connectivity index (χ1v) is 6.78. The van der Waals surface area contributed by atoms with Crippen molar-refractivity contribution in [1.82, 2.24) is 24.6 Å². The number of aryl methyl sites for hydroxylation is 2. The molecule has 2 rings (SSSR count). The van der Waals surface area contributed by atoms with Crippen LogP contribution in [-0.4, -0.2) is 25.2 Å². The second-order valence-electron chi connectivity index (χ2n) is 4.94. The van der Waals surface area contributed by atoms with Gasteiger partial charge in [-0.1, -0.05) is 6.07 Å². The summed E-state index contributed by atoms with van der Waals surface area (Å²) in [5.41, 5.74) is 0.751. The van der Waals surface area contributed by atoms with Gasteiger partial charge in [0.25, 0.3) is 5.56 Å². The Balaban J connectivity index is 1.94. The molecular formula is C14H19N5O2. The first-order valence-electron chi connectivity index (χ1n) is 6.78. The van der Waals surface area contributed by atoms with Gasteiger partial charge in [-0.3, -0.25) is 14.3 Å². The molecule has 1 atom stereocenters. The Bertz CT molecular complexity index is 689. The molecule has 0 aliphatic carbocycles. The Morgan fingerprint density at radius 1 is 1.43 bits per heavy atom. The van der Waals surface area contributed by atoms with Crippen LogP contribution in [0.4, 0.5) is 0 Å². The van der Waals surface area contributed by atoms with Gasteiger partial charge in [0.2, 0.25) is 5.91 Å². The number of nitrogens with zero attached hydrogens (tertiary/aromatic N) is 4. The molecule has 1 amide bonds. The molecule has 0 unspecified atom stereocenters. The molecule has 0 saturated heterocycles. The van der Waals surface area contributed by atoms with E-state index < -0.39 is 0 Å². The van der Waals surface area contributed by atoms with Crippen LogP contribution in [0.1, 0.15) is 30.9 Å². The van der Waals surface area contributed by atoms with E-state index in [9.17, 15) is 9.59 Å². The Morgan fingerprint density at radius 2 is 2.19 bits per heavy atom. The standard InChI is InChI=1S/C14H19N5O2/c1-10-5-4-6-13(21)19(10)8-7-12(20)17-11(2)14-15-9-16-18(14)3/h4-6,9,11H,7-8H2,1-3H3,(H,17,20)/t11-/m0/s1. The molecule has 2 heterocycles. The van der Waals surface area contributed by atoms with Crippen LogP contribution in [0, 0.1) is 6.92 Å². The maximum Gasteiger partial charge on any atom is 0.250 e. The van der Waals surface area contributed by atoms with Crippen molar-refractivity contribution in [2.75, 3.05) is 0 Å². The zero-order chi connectivity index (χ0) is 15.4. The summed E-state index contributed by atoms with van der Waals surface area (Å²) in [6.07, 6.45) is 1.69. The van der Waals surface area contributed by atoms with Gasteiger partial charge in [-0.2, -0.15) is 5.10 Å². The molecule has 2 aromatic rings. The SMILES string of the molecule is Cc1cccc(=O)n1CCC(=O)N[C@@H](C)c1ncnn1C. The van der Waals surface area contributed by atoms with Crippen molar-refractivity contribution in [3.63, 3.8) is 0 Å². The van der Waals surface area contributed by atoms with Gasteiger partial charge in [0.15, 0.2) is 0 Å². The molecule has 7 nitrogen and oxygen atoms in total. The second kappa shape index (κ2) is 6.34. The highest BCUT2D eigenvalue weighted by atomic mass is 16.2. The van der Waals surface area contributed by atoms with E-state index in [0.717, 1.165) is 5.69 Å². The highest BCUT2D eigenvalue weighted by molar-refractivity contribution is 5.76. The van der Waals surface area contributed by atoms with E-state index in [1.54, 1.807) is 22.4 Å². The van der Waals surface area contributed by atoms with Crippen LogP contribution < -0.4 is 10.9 Å². The number of carbonyl (C=O) groups is 1. The molecule has 21 heavy (non-hydrogen) atoms. The molecule has 0 bridgehead atoms.